The summed E-state index contributed by atoms with van der Waals surface area (Å²) in [7, 11) is 4.20. The topological polar surface area (TPSA) is 32.5 Å². The summed E-state index contributed by atoms with van der Waals surface area (Å²) in [6, 6.07) is 8.99. The second kappa shape index (κ2) is 7.04. The van der Waals surface area contributed by atoms with Crippen molar-refractivity contribution in [3.05, 3.63) is 35.4 Å². The maximum absolute atomic E-state index is 5.97. The predicted octanol–water partition coefficient (Wildman–Crippen LogP) is 1.89. The Balaban J connectivity index is 1.97. The molecular formula is C16H27N3. The van der Waals surface area contributed by atoms with Gasteiger partial charge in [-0.25, -0.2) is 0 Å². The standard InChI is InChI=1S/C16H27N3/c1-18(2)12-14-5-7-15(8-6-14)16(11-17)13-19-9-3-4-10-19/h5-8,16H,3-4,9-13,17H2,1-2H3. The second-order valence-electron chi connectivity index (χ2n) is 5.92. The summed E-state index contributed by atoms with van der Waals surface area (Å²) >= 11 is 0. The number of benzene rings is 1. The zero-order valence-corrected chi connectivity index (χ0v) is 12.3. The Morgan fingerprint density at radius 3 is 2.32 bits per heavy atom. The van der Waals surface area contributed by atoms with Crippen molar-refractivity contribution in [3.8, 4) is 0 Å². The molecule has 0 amide bonds. The van der Waals surface area contributed by atoms with E-state index in [4.69, 9.17) is 5.73 Å². The molecule has 0 aliphatic carbocycles. The summed E-state index contributed by atoms with van der Waals surface area (Å²) in [6.07, 6.45) is 2.69. The highest BCUT2D eigenvalue weighted by molar-refractivity contribution is 5.26. The summed E-state index contributed by atoms with van der Waals surface area (Å²) in [5.74, 6) is 0.478. The number of nitrogens with two attached hydrogens (primary N) is 1. The minimum absolute atomic E-state index is 0.478. The lowest BCUT2D eigenvalue weighted by Crippen LogP contribution is -2.29. The van der Waals surface area contributed by atoms with Crippen LogP contribution in [-0.4, -0.2) is 50.1 Å². The van der Waals surface area contributed by atoms with E-state index in [0.29, 0.717) is 5.92 Å². The summed E-state index contributed by atoms with van der Waals surface area (Å²) in [5, 5.41) is 0. The van der Waals surface area contributed by atoms with Crippen molar-refractivity contribution >= 4 is 0 Å². The van der Waals surface area contributed by atoms with Gasteiger partial charge in [0.1, 0.15) is 0 Å². The van der Waals surface area contributed by atoms with Gasteiger partial charge in [-0.2, -0.15) is 0 Å². The third kappa shape index (κ3) is 4.30. The minimum Gasteiger partial charge on any atom is -0.330 e. The van der Waals surface area contributed by atoms with Crippen LogP contribution in [0, 0.1) is 0 Å². The molecule has 2 rings (SSSR count). The SMILES string of the molecule is CN(C)Cc1ccc(C(CN)CN2CCCC2)cc1. The molecule has 0 radical (unpaired) electrons. The average Bonchev–Trinajstić information content (AvgIpc) is 2.89. The molecule has 3 nitrogen and oxygen atoms in total. The molecule has 1 aromatic carbocycles. The van der Waals surface area contributed by atoms with Crippen LogP contribution in [0.1, 0.15) is 29.9 Å². The van der Waals surface area contributed by atoms with E-state index in [1.54, 1.807) is 0 Å². The Labute approximate surface area is 117 Å². The van der Waals surface area contributed by atoms with Gasteiger partial charge >= 0.3 is 0 Å². The van der Waals surface area contributed by atoms with Crippen LogP contribution in [0.3, 0.4) is 0 Å². The molecule has 1 atom stereocenters. The highest BCUT2D eigenvalue weighted by Crippen LogP contribution is 2.19. The Morgan fingerprint density at radius 1 is 1.16 bits per heavy atom. The van der Waals surface area contributed by atoms with Crippen LogP contribution < -0.4 is 5.73 Å². The first kappa shape index (κ1) is 14.5. The van der Waals surface area contributed by atoms with Gasteiger partial charge in [0.15, 0.2) is 0 Å². The molecule has 0 spiro atoms. The Morgan fingerprint density at radius 2 is 1.79 bits per heavy atom. The third-order valence-corrected chi connectivity index (χ3v) is 3.91. The van der Waals surface area contributed by atoms with E-state index >= 15 is 0 Å². The molecular weight excluding hydrogens is 234 g/mol. The van der Waals surface area contributed by atoms with E-state index in [1.807, 2.05) is 0 Å². The maximum Gasteiger partial charge on any atom is 0.0227 e. The molecule has 106 valence electrons. The Kier molecular flexibility index (Phi) is 5.37. The van der Waals surface area contributed by atoms with Crippen molar-refractivity contribution in [1.82, 2.24) is 9.80 Å². The fourth-order valence-electron chi connectivity index (χ4n) is 2.85. The molecule has 0 saturated carbocycles. The van der Waals surface area contributed by atoms with E-state index in [1.165, 1.54) is 37.1 Å². The predicted molar refractivity (Wildman–Crippen MR) is 81.3 cm³/mol. The zero-order valence-electron chi connectivity index (χ0n) is 12.3. The van der Waals surface area contributed by atoms with E-state index in [2.05, 4.69) is 48.2 Å². The smallest absolute Gasteiger partial charge is 0.0227 e. The Hall–Kier alpha value is -0.900. The third-order valence-electron chi connectivity index (χ3n) is 3.91. The van der Waals surface area contributed by atoms with Crippen LogP contribution in [0.2, 0.25) is 0 Å². The first-order valence-electron chi connectivity index (χ1n) is 7.35. The lowest BCUT2D eigenvalue weighted by molar-refractivity contribution is 0.315. The van der Waals surface area contributed by atoms with Gasteiger partial charge < -0.3 is 15.5 Å². The van der Waals surface area contributed by atoms with E-state index < -0.39 is 0 Å². The molecule has 1 unspecified atom stereocenters. The van der Waals surface area contributed by atoms with E-state index in [9.17, 15) is 0 Å². The minimum atomic E-state index is 0.478. The van der Waals surface area contributed by atoms with Gasteiger partial charge in [-0.3, -0.25) is 0 Å². The van der Waals surface area contributed by atoms with Crippen LogP contribution >= 0.6 is 0 Å². The monoisotopic (exact) mass is 261 g/mol. The summed E-state index contributed by atoms with van der Waals surface area (Å²) in [6.45, 7) is 5.34. The first-order valence-corrected chi connectivity index (χ1v) is 7.35. The number of rotatable bonds is 6. The van der Waals surface area contributed by atoms with Gasteiger partial charge in [-0.05, 0) is 51.2 Å². The van der Waals surface area contributed by atoms with Crippen LogP contribution in [-0.2, 0) is 6.54 Å². The van der Waals surface area contributed by atoms with Crippen LogP contribution in [0.25, 0.3) is 0 Å². The fraction of sp³-hybridized carbons (Fsp3) is 0.625. The van der Waals surface area contributed by atoms with Crippen LogP contribution in [0.5, 0.6) is 0 Å². The van der Waals surface area contributed by atoms with Gasteiger partial charge in [0.25, 0.3) is 0 Å². The zero-order chi connectivity index (χ0) is 13.7. The lowest BCUT2D eigenvalue weighted by Gasteiger charge is -2.23. The number of likely N-dealkylation sites (tertiary alicyclic amines) is 1. The molecule has 1 aliphatic rings. The maximum atomic E-state index is 5.97. The van der Waals surface area contributed by atoms with Crippen molar-refractivity contribution in [2.75, 3.05) is 40.3 Å². The summed E-state index contributed by atoms with van der Waals surface area (Å²) in [4.78, 5) is 4.74. The molecule has 0 aromatic heterocycles. The van der Waals surface area contributed by atoms with Gasteiger partial charge in [0, 0.05) is 25.6 Å². The molecule has 19 heavy (non-hydrogen) atoms. The van der Waals surface area contributed by atoms with Crippen molar-refractivity contribution in [2.45, 2.75) is 25.3 Å². The quantitative estimate of drug-likeness (QED) is 0.849. The molecule has 1 fully saturated rings. The van der Waals surface area contributed by atoms with Crippen LogP contribution in [0.15, 0.2) is 24.3 Å². The summed E-state index contributed by atoms with van der Waals surface area (Å²) < 4.78 is 0. The molecule has 1 aliphatic heterocycles. The molecule has 1 aromatic rings. The van der Waals surface area contributed by atoms with Crippen molar-refractivity contribution < 1.29 is 0 Å². The average molecular weight is 261 g/mol. The second-order valence-corrected chi connectivity index (χ2v) is 5.92. The summed E-state index contributed by atoms with van der Waals surface area (Å²) in [5.41, 5.74) is 8.72. The van der Waals surface area contributed by atoms with Crippen LogP contribution in [0.4, 0.5) is 0 Å². The lowest BCUT2D eigenvalue weighted by atomic mass is 9.97. The largest absolute Gasteiger partial charge is 0.330 e. The van der Waals surface area contributed by atoms with Crippen molar-refractivity contribution in [1.29, 1.82) is 0 Å². The molecule has 3 heteroatoms. The van der Waals surface area contributed by atoms with Crippen molar-refractivity contribution in [2.24, 2.45) is 5.73 Å². The van der Waals surface area contributed by atoms with Gasteiger partial charge in [0.2, 0.25) is 0 Å². The highest BCUT2D eigenvalue weighted by atomic mass is 15.1. The molecule has 2 N–H and O–H groups in total. The molecule has 1 saturated heterocycles. The fourth-order valence-corrected chi connectivity index (χ4v) is 2.85. The van der Waals surface area contributed by atoms with Gasteiger partial charge in [-0.1, -0.05) is 24.3 Å². The van der Waals surface area contributed by atoms with Gasteiger partial charge in [0.05, 0.1) is 0 Å². The first-order chi connectivity index (χ1) is 9.19. The normalized spacial score (nSPS) is 18.1. The van der Waals surface area contributed by atoms with E-state index in [0.717, 1.165) is 19.6 Å². The van der Waals surface area contributed by atoms with Gasteiger partial charge in [-0.15, -0.1) is 0 Å². The number of hydrogen-bond donors (Lipinski definition) is 1. The highest BCUT2D eigenvalue weighted by Gasteiger charge is 2.17. The van der Waals surface area contributed by atoms with E-state index in [-0.39, 0.29) is 0 Å². The number of nitrogens with zero attached hydrogens (tertiary/aromatic N) is 2. The number of hydrogen-bond acceptors (Lipinski definition) is 3. The molecule has 1 heterocycles. The molecule has 0 bridgehead atoms. The van der Waals surface area contributed by atoms with Crippen molar-refractivity contribution in [3.63, 3.8) is 0 Å². The Bertz CT molecular complexity index is 366.